The molecule has 0 aliphatic heterocycles. The van der Waals surface area contributed by atoms with Gasteiger partial charge in [-0.2, -0.15) is 0 Å². The molecule has 0 saturated heterocycles. The second-order valence-electron chi connectivity index (χ2n) is 4.37. The molecule has 6 heteroatoms. The standard InChI is InChI=1S/C13H15ClN2O3/c1-19-11-5-2-8(14)6-10(11)13(18)15-7-12(17)16-9-3-4-9/h2,5-6,9H,3-4,7H2,1H3,(H,15,18)(H,16,17). The lowest BCUT2D eigenvalue weighted by molar-refractivity contribution is -0.120. The third-order valence-electron chi connectivity index (χ3n) is 2.76. The number of amides is 2. The molecule has 0 heterocycles. The third-order valence-corrected chi connectivity index (χ3v) is 2.99. The van der Waals surface area contributed by atoms with Gasteiger partial charge in [-0.1, -0.05) is 11.6 Å². The van der Waals surface area contributed by atoms with Crippen LogP contribution >= 0.6 is 11.6 Å². The molecular weight excluding hydrogens is 268 g/mol. The van der Waals surface area contributed by atoms with Crippen LogP contribution in [0.4, 0.5) is 0 Å². The van der Waals surface area contributed by atoms with E-state index in [4.69, 9.17) is 16.3 Å². The fourth-order valence-corrected chi connectivity index (χ4v) is 1.79. The van der Waals surface area contributed by atoms with Gasteiger partial charge in [0, 0.05) is 11.1 Å². The second kappa shape index (κ2) is 5.93. The lowest BCUT2D eigenvalue weighted by Gasteiger charge is -2.09. The molecule has 5 nitrogen and oxygen atoms in total. The highest BCUT2D eigenvalue weighted by Crippen LogP contribution is 2.22. The van der Waals surface area contributed by atoms with Crippen molar-refractivity contribution >= 4 is 23.4 Å². The van der Waals surface area contributed by atoms with E-state index in [0.29, 0.717) is 16.3 Å². The minimum absolute atomic E-state index is 0.0506. The Hall–Kier alpha value is -1.75. The van der Waals surface area contributed by atoms with E-state index in [1.54, 1.807) is 12.1 Å². The Labute approximate surface area is 116 Å². The molecule has 1 aromatic carbocycles. The van der Waals surface area contributed by atoms with Crippen molar-refractivity contribution in [3.8, 4) is 5.75 Å². The van der Waals surface area contributed by atoms with E-state index in [-0.39, 0.29) is 24.4 Å². The summed E-state index contributed by atoms with van der Waals surface area (Å²) in [6, 6.07) is 5.04. The molecule has 1 saturated carbocycles. The molecule has 1 aromatic rings. The summed E-state index contributed by atoms with van der Waals surface area (Å²) < 4.78 is 5.08. The van der Waals surface area contributed by atoms with Crippen LogP contribution in [0.15, 0.2) is 18.2 Å². The SMILES string of the molecule is COc1ccc(Cl)cc1C(=O)NCC(=O)NC1CC1. The molecule has 0 aromatic heterocycles. The van der Waals surface area contributed by atoms with Crippen molar-refractivity contribution in [1.29, 1.82) is 0 Å². The summed E-state index contributed by atoms with van der Waals surface area (Å²) in [5, 5.41) is 5.77. The number of carbonyl (C=O) groups excluding carboxylic acids is 2. The smallest absolute Gasteiger partial charge is 0.255 e. The van der Waals surface area contributed by atoms with E-state index < -0.39 is 0 Å². The number of nitrogens with one attached hydrogen (secondary N) is 2. The van der Waals surface area contributed by atoms with Gasteiger partial charge in [0.25, 0.3) is 5.91 Å². The normalized spacial score (nSPS) is 13.8. The summed E-state index contributed by atoms with van der Waals surface area (Å²) in [6.45, 7) is -0.0506. The fraction of sp³-hybridized carbons (Fsp3) is 0.385. The Bertz CT molecular complexity index is 501. The maximum absolute atomic E-state index is 12.0. The van der Waals surface area contributed by atoms with Gasteiger partial charge < -0.3 is 15.4 Å². The first-order valence-electron chi connectivity index (χ1n) is 6.01. The van der Waals surface area contributed by atoms with Gasteiger partial charge in [0.15, 0.2) is 0 Å². The van der Waals surface area contributed by atoms with E-state index in [2.05, 4.69) is 10.6 Å². The van der Waals surface area contributed by atoms with Crippen molar-refractivity contribution in [2.75, 3.05) is 13.7 Å². The van der Waals surface area contributed by atoms with Crippen molar-refractivity contribution in [3.05, 3.63) is 28.8 Å². The zero-order valence-electron chi connectivity index (χ0n) is 10.5. The zero-order valence-corrected chi connectivity index (χ0v) is 11.3. The topological polar surface area (TPSA) is 67.4 Å². The molecule has 0 spiro atoms. The van der Waals surface area contributed by atoms with Crippen LogP contribution in [0.1, 0.15) is 23.2 Å². The van der Waals surface area contributed by atoms with E-state index in [1.807, 2.05) is 0 Å². The average molecular weight is 283 g/mol. The van der Waals surface area contributed by atoms with Crippen molar-refractivity contribution in [3.63, 3.8) is 0 Å². The molecule has 0 unspecified atom stereocenters. The van der Waals surface area contributed by atoms with E-state index in [9.17, 15) is 9.59 Å². The summed E-state index contributed by atoms with van der Waals surface area (Å²) in [5.74, 6) is -0.147. The summed E-state index contributed by atoms with van der Waals surface area (Å²) in [6.07, 6.45) is 2.03. The Kier molecular flexibility index (Phi) is 4.27. The molecule has 1 aliphatic rings. The molecule has 19 heavy (non-hydrogen) atoms. The monoisotopic (exact) mass is 282 g/mol. The van der Waals surface area contributed by atoms with Crippen molar-refractivity contribution in [1.82, 2.24) is 10.6 Å². The number of ether oxygens (including phenoxy) is 1. The third kappa shape index (κ3) is 3.86. The van der Waals surface area contributed by atoms with Crippen LogP contribution < -0.4 is 15.4 Å². The number of hydrogen-bond acceptors (Lipinski definition) is 3. The quantitative estimate of drug-likeness (QED) is 0.857. The highest BCUT2D eigenvalue weighted by Gasteiger charge is 2.23. The number of methoxy groups -OCH3 is 1. The lowest BCUT2D eigenvalue weighted by atomic mass is 10.2. The molecule has 2 amide bonds. The highest BCUT2D eigenvalue weighted by molar-refractivity contribution is 6.31. The van der Waals surface area contributed by atoms with E-state index in [1.165, 1.54) is 13.2 Å². The van der Waals surface area contributed by atoms with Crippen LogP contribution in [0.25, 0.3) is 0 Å². The Balaban J connectivity index is 1.94. The van der Waals surface area contributed by atoms with Gasteiger partial charge in [-0.05, 0) is 31.0 Å². The minimum atomic E-state index is -0.384. The fourth-order valence-electron chi connectivity index (χ4n) is 1.62. The minimum Gasteiger partial charge on any atom is -0.496 e. The molecule has 1 fully saturated rings. The van der Waals surface area contributed by atoms with Gasteiger partial charge in [-0.3, -0.25) is 9.59 Å². The first kappa shape index (κ1) is 13.7. The van der Waals surface area contributed by atoms with E-state index in [0.717, 1.165) is 12.8 Å². The first-order valence-corrected chi connectivity index (χ1v) is 6.39. The summed E-state index contributed by atoms with van der Waals surface area (Å²) >= 11 is 5.84. The van der Waals surface area contributed by atoms with Crippen LogP contribution in [-0.2, 0) is 4.79 Å². The first-order chi connectivity index (χ1) is 9.10. The lowest BCUT2D eigenvalue weighted by Crippen LogP contribution is -2.37. The molecule has 102 valence electrons. The summed E-state index contributed by atoms with van der Waals surface area (Å²) in [4.78, 5) is 23.4. The molecule has 0 radical (unpaired) electrons. The zero-order chi connectivity index (χ0) is 13.8. The summed E-state index contributed by atoms with van der Waals surface area (Å²) in [5.41, 5.74) is 0.314. The number of rotatable bonds is 5. The number of hydrogen-bond donors (Lipinski definition) is 2. The maximum Gasteiger partial charge on any atom is 0.255 e. The van der Waals surface area contributed by atoms with Gasteiger partial charge >= 0.3 is 0 Å². The Morgan fingerprint density at radius 3 is 2.79 bits per heavy atom. The molecule has 0 bridgehead atoms. The molecular formula is C13H15ClN2O3. The molecule has 2 rings (SSSR count). The number of halogens is 1. The molecule has 0 atom stereocenters. The highest BCUT2D eigenvalue weighted by atomic mass is 35.5. The number of carbonyl (C=O) groups is 2. The molecule has 2 N–H and O–H groups in total. The van der Waals surface area contributed by atoms with Crippen molar-refractivity contribution in [2.45, 2.75) is 18.9 Å². The largest absolute Gasteiger partial charge is 0.496 e. The Morgan fingerprint density at radius 1 is 1.42 bits per heavy atom. The van der Waals surface area contributed by atoms with E-state index >= 15 is 0 Å². The summed E-state index contributed by atoms with van der Waals surface area (Å²) in [7, 11) is 1.47. The van der Waals surface area contributed by atoms with Crippen LogP contribution in [0.3, 0.4) is 0 Å². The van der Waals surface area contributed by atoms with Gasteiger partial charge in [0.1, 0.15) is 5.75 Å². The van der Waals surface area contributed by atoms with Gasteiger partial charge in [-0.25, -0.2) is 0 Å². The van der Waals surface area contributed by atoms with Crippen molar-refractivity contribution in [2.24, 2.45) is 0 Å². The molecule has 1 aliphatic carbocycles. The predicted molar refractivity (Wildman–Crippen MR) is 71.5 cm³/mol. The second-order valence-corrected chi connectivity index (χ2v) is 4.81. The van der Waals surface area contributed by atoms with Gasteiger partial charge in [0.2, 0.25) is 5.91 Å². The number of benzene rings is 1. The van der Waals surface area contributed by atoms with Crippen LogP contribution in [0.2, 0.25) is 5.02 Å². The van der Waals surface area contributed by atoms with Crippen LogP contribution in [0, 0.1) is 0 Å². The average Bonchev–Trinajstić information content (AvgIpc) is 3.19. The van der Waals surface area contributed by atoms with Crippen LogP contribution in [0.5, 0.6) is 5.75 Å². The van der Waals surface area contributed by atoms with Crippen molar-refractivity contribution < 1.29 is 14.3 Å². The predicted octanol–water partition coefficient (Wildman–Crippen LogP) is 1.36. The van der Waals surface area contributed by atoms with Gasteiger partial charge in [-0.15, -0.1) is 0 Å². The maximum atomic E-state index is 12.0. The Morgan fingerprint density at radius 2 is 2.16 bits per heavy atom. The van der Waals surface area contributed by atoms with Gasteiger partial charge in [0.05, 0.1) is 19.2 Å². The van der Waals surface area contributed by atoms with Crippen LogP contribution in [-0.4, -0.2) is 31.5 Å².